The average molecular weight is 485 g/mol. The monoisotopic (exact) mass is 484 g/mol. The molecule has 5 aromatic carbocycles. The van der Waals surface area contributed by atoms with Gasteiger partial charge in [0.25, 0.3) is 0 Å². The fraction of sp³-hybridized carbons (Fsp3) is 0. The summed E-state index contributed by atoms with van der Waals surface area (Å²) in [5.41, 5.74) is 10.6. The Bertz CT molecular complexity index is 2010. The first-order valence-corrected chi connectivity index (χ1v) is 13.0. The number of hydrogen-bond donors (Lipinski definition) is 0. The third kappa shape index (κ3) is 2.95. The fourth-order valence-electron chi connectivity index (χ4n) is 6.09. The molecule has 0 N–H and O–H groups in total. The van der Waals surface area contributed by atoms with Gasteiger partial charge in [-0.2, -0.15) is 0 Å². The summed E-state index contributed by atoms with van der Waals surface area (Å²) in [6, 6.07) is 39.5. The highest BCUT2D eigenvalue weighted by molar-refractivity contribution is 6.24. The van der Waals surface area contributed by atoms with E-state index < -0.39 is 0 Å². The zero-order valence-electron chi connectivity index (χ0n) is 20.8. The number of fused-ring (bicyclic) bond motifs is 7. The molecule has 0 fully saturated rings. The van der Waals surface area contributed by atoms with Crippen LogP contribution < -0.4 is 4.90 Å². The zero-order valence-corrected chi connectivity index (χ0v) is 20.8. The molecule has 1 aliphatic heterocycles. The number of benzene rings is 5. The van der Waals surface area contributed by atoms with Crippen molar-refractivity contribution >= 4 is 55.0 Å². The lowest BCUT2D eigenvalue weighted by molar-refractivity contribution is 1.27. The van der Waals surface area contributed by atoms with E-state index in [1.54, 1.807) is 0 Å². The molecule has 178 valence electrons. The maximum atomic E-state index is 4.42. The molecule has 0 radical (unpaired) electrons. The summed E-state index contributed by atoms with van der Waals surface area (Å²) >= 11 is 0. The Balaban J connectivity index is 1.40. The van der Waals surface area contributed by atoms with Crippen LogP contribution in [-0.4, -0.2) is 4.40 Å². The number of rotatable bonds is 2. The first kappa shape index (κ1) is 21.0. The molecule has 0 bridgehead atoms. The van der Waals surface area contributed by atoms with Gasteiger partial charge in [0.2, 0.25) is 0 Å². The lowest BCUT2D eigenvalue weighted by Gasteiger charge is -2.25. The van der Waals surface area contributed by atoms with Crippen LogP contribution in [0, 0.1) is 0 Å². The van der Waals surface area contributed by atoms with Gasteiger partial charge in [-0.15, -0.1) is 0 Å². The van der Waals surface area contributed by atoms with Crippen molar-refractivity contribution in [3.8, 4) is 11.1 Å². The van der Waals surface area contributed by atoms with Crippen molar-refractivity contribution in [1.82, 2.24) is 4.40 Å². The van der Waals surface area contributed by atoms with Crippen molar-refractivity contribution in [1.29, 1.82) is 0 Å². The van der Waals surface area contributed by atoms with Crippen LogP contribution in [0.15, 0.2) is 140 Å². The van der Waals surface area contributed by atoms with Gasteiger partial charge in [0.05, 0.1) is 22.2 Å². The number of hydrogen-bond acceptors (Lipinski definition) is 1. The van der Waals surface area contributed by atoms with Crippen molar-refractivity contribution in [2.45, 2.75) is 0 Å². The lowest BCUT2D eigenvalue weighted by Crippen LogP contribution is -2.11. The minimum atomic E-state index is 1.000. The summed E-state index contributed by atoms with van der Waals surface area (Å²) < 4.78 is 2.43. The van der Waals surface area contributed by atoms with Crippen LogP contribution in [0.2, 0.25) is 0 Å². The molecule has 0 unspecified atom stereocenters. The van der Waals surface area contributed by atoms with Gasteiger partial charge < -0.3 is 9.30 Å². The summed E-state index contributed by atoms with van der Waals surface area (Å²) in [5, 5.41) is 5.17. The van der Waals surface area contributed by atoms with Gasteiger partial charge in [-0.1, -0.05) is 79.4 Å². The minimum absolute atomic E-state index is 1.000. The molecule has 1 aliphatic rings. The quantitative estimate of drug-likeness (QED) is 0.237. The second-order valence-corrected chi connectivity index (χ2v) is 9.95. The molecule has 0 aliphatic carbocycles. The van der Waals surface area contributed by atoms with Gasteiger partial charge in [-0.05, 0) is 71.3 Å². The second kappa shape index (κ2) is 7.96. The lowest BCUT2D eigenvalue weighted by atomic mass is 9.94. The molecule has 0 spiro atoms. The molecule has 2 aromatic heterocycles. The Kier molecular flexibility index (Phi) is 4.41. The van der Waals surface area contributed by atoms with E-state index in [4.69, 9.17) is 0 Å². The molecule has 3 heterocycles. The first-order chi connectivity index (χ1) is 18.8. The second-order valence-electron chi connectivity index (χ2n) is 9.95. The van der Waals surface area contributed by atoms with Crippen molar-refractivity contribution in [3.05, 3.63) is 146 Å². The van der Waals surface area contributed by atoms with E-state index in [9.17, 15) is 0 Å². The maximum Gasteiger partial charge on any atom is 0.0620 e. The fourth-order valence-corrected chi connectivity index (χ4v) is 6.09. The number of anilines is 2. The molecule has 8 rings (SSSR count). The summed E-state index contributed by atoms with van der Waals surface area (Å²) in [7, 11) is 0. The standard InChI is InChI=1S/C36H24N2/c1-24-11-9-10-20-37(27-12-3-2-4-13-27)33-19-18-25(21-30(24)33)26-22-31-28-14-5-7-16-34(28)38-35-17-8-6-15-29(35)32(23-26)36(31)38/h2-23H,1H2/b11-9-,20-10-. The van der Waals surface area contributed by atoms with Crippen molar-refractivity contribution in [2.24, 2.45) is 0 Å². The predicted octanol–water partition coefficient (Wildman–Crippen LogP) is 9.74. The number of para-hydroxylation sites is 3. The Morgan fingerprint density at radius 2 is 1.21 bits per heavy atom. The van der Waals surface area contributed by atoms with E-state index in [-0.39, 0.29) is 0 Å². The van der Waals surface area contributed by atoms with E-state index in [0.717, 1.165) is 22.5 Å². The minimum Gasteiger partial charge on any atom is -0.317 e. The van der Waals surface area contributed by atoms with Gasteiger partial charge in [0.1, 0.15) is 0 Å². The summed E-state index contributed by atoms with van der Waals surface area (Å²) in [6.45, 7) is 4.42. The van der Waals surface area contributed by atoms with Crippen LogP contribution in [0.1, 0.15) is 5.56 Å². The van der Waals surface area contributed by atoms with Crippen molar-refractivity contribution in [3.63, 3.8) is 0 Å². The summed E-state index contributed by atoms with van der Waals surface area (Å²) in [6.07, 6.45) is 8.34. The number of allylic oxidation sites excluding steroid dienone is 4. The van der Waals surface area contributed by atoms with Gasteiger partial charge >= 0.3 is 0 Å². The predicted molar refractivity (Wildman–Crippen MR) is 162 cm³/mol. The average Bonchev–Trinajstić information content (AvgIpc) is 3.48. The molecule has 0 amide bonds. The largest absolute Gasteiger partial charge is 0.317 e. The molecular formula is C36H24N2. The molecule has 38 heavy (non-hydrogen) atoms. The van der Waals surface area contributed by atoms with Crippen LogP contribution >= 0.6 is 0 Å². The highest BCUT2D eigenvalue weighted by Crippen LogP contribution is 2.43. The number of nitrogens with zero attached hydrogens (tertiary/aromatic N) is 2. The Labute approximate surface area is 221 Å². The highest BCUT2D eigenvalue weighted by Gasteiger charge is 2.20. The maximum absolute atomic E-state index is 4.42. The Hall–Kier alpha value is -5.08. The first-order valence-electron chi connectivity index (χ1n) is 13.0. The van der Waals surface area contributed by atoms with E-state index in [1.165, 1.54) is 49.2 Å². The third-order valence-electron chi connectivity index (χ3n) is 7.82. The van der Waals surface area contributed by atoms with E-state index in [2.05, 4.69) is 150 Å². The van der Waals surface area contributed by atoms with Gasteiger partial charge in [0, 0.05) is 39.0 Å². The SMILES string of the molecule is C=C1/C=C\C=C/N(c2ccccc2)c2ccc(-c3cc4c5ccccc5n5c6ccccc6c(c3)c45)cc21. The van der Waals surface area contributed by atoms with Crippen molar-refractivity contribution < 1.29 is 0 Å². The van der Waals surface area contributed by atoms with E-state index in [1.807, 2.05) is 0 Å². The van der Waals surface area contributed by atoms with Crippen LogP contribution in [0.25, 0.3) is 54.8 Å². The molecule has 2 nitrogen and oxygen atoms in total. The Morgan fingerprint density at radius 1 is 0.553 bits per heavy atom. The molecule has 0 atom stereocenters. The normalized spacial score (nSPS) is 15.3. The van der Waals surface area contributed by atoms with Crippen LogP contribution in [0.4, 0.5) is 11.4 Å². The Morgan fingerprint density at radius 3 is 1.92 bits per heavy atom. The summed E-state index contributed by atoms with van der Waals surface area (Å²) in [5.74, 6) is 0. The van der Waals surface area contributed by atoms with Crippen LogP contribution in [-0.2, 0) is 0 Å². The molecule has 2 heteroatoms. The highest BCUT2D eigenvalue weighted by atomic mass is 15.1. The molecule has 7 aromatic rings. The molecule has 0 saturated heterocycles. The molecule has 0 saturated carbocycles. The van der Waals surface area contributed by atoms with Crippen LogP contribution in [0.3, 0.4) is 0 Å². The zero-order chi connectivity index (χ0) is 25.2. The van der Waals surface area contributed by atoms with Gasteiger partial charge in [-0.25, -0.2) is 0 Å². The molecular weight excluding hydrogens is 460 g/mol. The van der Waals surface area contributed by atoms with Crippen LogP contribution in [0.5, 0.6) is 0 Å². The van der Waals surface area contributed by atoms with E-state index in [0.29, 0.717) is 0 Å². The van der Waals surface area contributed by atoms with Crippen molar-refractivity contribution in [2.75, 3.05) is 4.90 Å². The van der Waals surface area contributed by atoms with E-state index >= 15 is 0 Å². The summed E-state index contributed by atoms with van der Waals surface area (Å²) in [4.78, 5) is 2.24. The smallest absolute Gasteiger partial charge is 0.0620 e. The third-order valence-corrected chi connectivity index (χ3v) is 7.82. The number of aromatic nitrogens is 1. The van der Waals surface area contributed by atoms with Gasteiger partial charge in [0.15, 0.2) is 0 Å². The van der Waals surface area contributed by atoms with Gasteiger partial charge in [-0.3, -0.25) is 0 Å². The topological polar surface area (TPSA) is 7.65 Å².